The van der Waals surface area contributed by atoms with Crippen molar-refractivity contribution >= 4 is 43.8 Å². The fourth-order valence-corrected chi connectivity index (χ4v) is 3.38. The summed E-state index contributed by atoms with van der Waals surface area (Å²) in [5.41, 5.74) is 8.61. The van der Waals surface area contributed by atoms with Gasteiger partial charge in [0.25, 0.3) is 0 Å². The van der Waals surface area contributed by atoms with E-state index in [0.717, 1.165) is 15.9 Å². The summed E-state index contributed by atoms with van der Waals surface area (Å²) in [5.74, 6) is -0.0534. The quantitative estimate of drug-likeness (QED) is 0.634. The highest BCUT2D eigenvalue weighted by Gasteiger charge is 2.32. The Morgan fingerprint density at radius 3 is 2.86 bits per heavy atom. The van der Waals surface area contributed by atoms with Crippen LogP contribution in [0.2, 0.25) is 0 Å². The smallest absolute Gasteiger partial charge is 0.209 e. The topological polar surface area (TPSA) is 80.0 Å². The highest BCUT2D eigenvalue weighted by atomic mass is 32.1. The van der Waals surface area contributed by atoms with Crippen molar-refractivity contribution < 1.29 is 4.79 Å². The molecule has 4 rings (SSSR count). The number of nitrogen functional groups attached to an aromatic ring is 1. The number of Topliss-reactive ketones (excluding diaryl/α,β-unsaturated/α-hetero) is 1. The highest BCUT2D eigenvalue weighted by molar-refractivity contribution is 7.22. The largest absolute Gasteiger partial charge is 0.398 e. The number of hydrogen-bond acceptors (Lipinski definition) is 6. The molecule has 0 saturated carbocycles. The summed E-state index contributed by atoms with van der Waals surface area (Å²) in [6, 6.07) is 13.3. The third-order valence-electron chi connectivity index (χ3n) is 3.47. The minimum absolute atomic E-state index is 0.0534. The third-order valence-corrected chi connectivity index (χ3v) is 4.43. The second-order valence-corrected chi connectivity index (χ2v) is 5.87. The second kappa shape index (κ2) is 4.46. The molecule has 0 bridgehead atoms. The number of nitrogens with two attached hydrogens (primary N) is 1. The monoisotopic (exact) mass is 296 g/mol. The van der Waals surface area contributed by atoms with Gasteiger partial charge in [0.2, 0.25) is 5.78 Å². The van der Waals surface area contributed by atoms with Crippen LogP contribution in [0.5, 0.6) is 0 Å². The van der Waals surface area contributed by atoms with Crippen molar-refractivity contribution in [2.75, 3.05) is 16.4 Å². The van der Waals surface area contributed by atoms with Crippen molar-refractivity contribution in [3.8, 4) is 0 Å². The molecule has 0 radical (unpaired) electrons. The van der Waals surface area contributed by atoms with Gasteiger partial charge in [-0.25, -0.2) is 4.98 Å². The Morgan fingerprint density at radius 1 is 1.19 bits per heavy atom. The lowest BCUT2D eigenvalue weighted by molar-refractivity contribution is 0.0988. The summed E-state index contributed by atoms with van der Waals surface area (Å²) < 4.78 is 1.09. The lowest BCUT2D eigenvalue weighted by atomic mass is 10.1. The summed E-state index contributed by atoms with van der Waals surface area (Å²) in [7, 11) is 0. The molecule has 0 aliphatic carbocycles. The number of nitrogens with one attached hydrogen (secondary N) is 2. The zero-order chi connectivity index (χ0) is 14.4. The van der Waals surface area contributed by atoms with Gasteiger partial charge < -0.3 is 16.4 Å². The van der Waals surface area contributed by atoms with Crippen LogP contribution in [-0.2, 0) is 0 Å². The molecule has 0 spiro atoms. The lowest BCUT2D eigenvalue weighted by Gasteiger charge is -2.10. The van der Waals surface area contributed by atoms with Crippen molar-refractivity contribution in [2.45, 2.75) is 6.17 Å². The molecular formula is C15H12N4OS. The van der Waals surface area contributed by atoms with Gasteiger partial charge in [-0.05, 0) is 24.3 Å². The van der Waals surface area contributed by atoms with E-state index in [-0.39, 0.29) is 5.78 Å². The van der Waals surface area contributed by atoms with E-state index in [0.29, 0.717) is 16.4 Å². The van der Waals surface area contributed by atoms with E-state index < -0.39 is 6.17 Å². The van der Waals surface area contributed by atoms with E-state index in [1.807, 2.05) is 36.4 Å². The maximum atomic E-state index is 12.4. The molecule has 1 aliphatic rings. The van der Waals surface area contributed by atoms with Crippen LogP contribution in [-0.4, -0.2) is 16.9 Å². The number of carbonyl (C=O) groups is 1. The number of rotatable bonds is 2. The Bertz CT molecular complexity index is 825. The van der Waals surface area contributed by atoms with E-state index in [1.54, 1.807) is 6.07 Å². The lowest BCUT2D eigenvalue weighted by Crippen LogP contribution is -2.31. The molecule has 1 aromatic heterocycles. The molecule has 6 heteroatoms. The summed E-state index contributed by atoms with van der Waals surface area (Å²) in [5, 5.41) is 7.01. The first-order valence-electron chi connectivity index (χ1n) is 6.54. The number of thiazole rings is 1. The minimum atomic E-state index is -0.523. The summed E-state index contributed by atoms with van der Waals surface area (Å²) in [6.45, 7) is 0. The van der Waals surface area contributed by atoms with Gasteiger partial charge >= 0.3 is 0 Å². The molecule has 1 atom stereocenters. The van der Waals surface area contributed by atoms with Crippen LogP contribution >= 0.6 is 11.3 Å². The molecule has 0 saturated heterocycles. The molecule has 1 unspecified atom stereocenters. The standard InChI is InChI=1S/C15H12N4OS/c16-8-4-3-6-10-12(8)13(20)14(17-10)19-15-18-9-5-1-2-7-11(9)21-15/h1-7,14,17H,16H2,(H,18,19). The normalized spacial score (nSPS) is 16.8. The number of benzene rings is 2. The summed E-state index contributed by atoms with van der Waals surface area (Å²) >= 11 is 1.52. The Hall–Kier alpha value is -2.60. The number of ketones is 1. The fraction of sp³-hybridized carbons (Fsp3) is 0.0667. The molecule has 21 heavy (non-hydrogen) atoms. The molecule has 5 nitrogen and oxygen atoms in total. The molecule has 3 aromatic rings. The van der Waals surface area contributed by atoms with Crippen LogP contribution in [0.3, 0.4) is 0 Å². The van der Waals surface area contributed by atoms with E-state index in [1.165, 1.54) is 11.3 Å². The average molecular weight is 296 g/mol. The maximum Gasteiger partial charge on any atom is 0.209 e. The number of nitrogens with zero attached hydrogens (tertiary/aromatic N) is 1. The van der Waals surface area contributed by atoms with Crippen molar-refractivity contribution in [1.82, 2.24) is 4.98 Å². The van der Waals surface area contributed by atoms with Gasteiger partial charge in [-0.1, -0.05) is 29.5 Å². The number of anilines is 3. The zero-order valence-corrected chi connectivity index (χ0v) is 11.8. The maximum absolute atomic E-state index is 12.4. The van der Waals surface area contributed by atoms with Crippen LogP contribution in [0.25, 0.3) is 10.2 Å². The predicted octanol–water partition coefficient (Wildman–Crippen LogP) is 2.92. The molecule has 104 valence electrons. The van der Waals surface area contributed by atoms with Crippen molar-refractivity contribution in [3.05, 3.63) is 48.0 Å². The van der Waals surface area contributed by atoms with Gasteiger partial charge in [0.05, 0.1) is 15.8 Å². The Balaban J connectivity index is 1.64. The zero-order valence-electron chi connectivity index (χ0n) is 11.0. The number of hydrogen-bond donors (Lipinski definition) is 3. The molecule has 1 aliphatic heterocycles. The summed E-state index contributed by atoms with van der Waals surface area (Å²) in [4.78, 5) is 16.9. The first kappa shape index (κ1) is 12.2. The minimum Gasteiger partial charge on any atom is -0.398 e. The van der Waals surface area contributed by atoms with Gasteiger partial charge in [-0.3, -0.25) is 4.79 Å². The first-order chi connectivity index (χ1) is 10.2. The number of carbonyl (C=O) groups excluding carboxylic acids is 1. The van der Waals surface area contributed by atoms with Crippen LogP contribution in [0.1, 0.15) is 10.4 Å². The van der Waals surface area contributed by atoms with Gasteiger partial charge in [0, 0.05) is 11.4 Å². The van der Waals surface area contributed by atoms with E-state index >= 15 is 0 Å². The van der Waals surface area contributed by atoms with Crippen molar-refractivity contribution in [2.24, 2.45) is 0 Å². The van der Waals surface area contributed by atoms with Crippen molar-refractivity contribution in [3.63, 3.8) is 0 Å². The number of fused-ring (bicyclic) bond motifs is 2. The van der Waals surface area contributed by atoms with E-state index in [9.17, 15) is 4.79 Å². The molecule has 2 heterocycles. The molecular weight excluding hydrogens is 284 g/mol. The highest BCUT2D eigenvalue weighted by Crippen LogP contribution is 2.32. The van der Waals surface area contributed by atoms with Crippen molar-refractivity contribution in [1.29, 1.82) is 0 Å². The average Bonchev–Trinajstić information content (AvgIpc) is 3.01. The van der Waals surface area contributed by atoms with Crippen LogP contribution in [0.15, 0.2) is 42.5 Å². The SMILES string of the molecule is Nc1cccc2c1C(=O)C(Nc1nc3ccccc3s1)N2. The second-order valence-electron chi connectivity index (χ2n) is 4.84. The number of para-hydroxylation sites is 1. The van der Waals surface area contributed by atoms with Crippen LogP contribution in [0.4, 0.5) is 16.5 Å². The molecule has 0 fully saturated rings. The predicted molar refractivity (Wildman–Crippen MR) is 85.8 cm³/mol. The third kappa shape index (κ3) is 1.92. The Kier molecular flexibility index (Phi) is 2.58. The fourth-order valence-electron chi connectivity index (χ4n) is 2.49. The summed E-state index contributed by atoms with van der Waals surface area (Å²) in [6.07, 6.45) is -0.523. The Labute approximate surface area is 124 Å². The molecule has 2 aromatic carbocycles. The van der Waals surface area contributed by atoms with Gasteiger partial charge in [0.15, 0.2) is 11.3 Å². The molecule has 0 amide bonds. The van der Waals surface area contributed by atoms with Gasteiger partial charge in [-0.2, -0.15) is 0 Å². The Morgan fingerprint density at radius 2 is 2.05 bits per heavy atom. The number of aromatic nitrogens is 1. The molecule has 4 N–H and O–H groups in total. The first-order valence-corrected chi connectivity index (χ1v) is 7.35. The van der Waals surface area contributed by atoms with Gasteiger partial charge in [-0.15, -0.1) is 0 Å². The van der Waals surface area contributed by atoms with Crippen LogP contribution in [0, 0.1) is 0 Å². The van der Waals surface area contributed by atoms with E-state index in [2.05, 4.69) is 15.6 Å². The van der Waals surface area contributed by atoms with Crippen LogP contribution < -0.4 is 16.4 Å². The van der Waals surface area contributed by atoms with E-state index in [4.69, 9.17) is 5.73 Å². The van der Waals surface area contributed by atoms with Gasteiger partial charge in [0.1, 0.15) is 0 Å².